The van der Waals surface area contributed by atoms with E-state index >= 15 is 0 Å². The van der Waals surface area contributed by atoms with Crippen molar-refractivity contribution in [3.63, 3.8) is 0 Å². The highest BCUT2D eigenvalue weighted by Gasteiger charge is 2.05. The Morgan fingerprint density at radius 1 is 1.33 bits per heavy atom. The van der Waals surface area contributed by atoms with Crippen LogP contribution in [-0.2, 0) is 6.54 Å². The zero-order valence-electron chi connectivity index (χ0n) is 8.64. The molecule has 3 heteroatoms. The molecule has 0 amide bonds. The van der Waals surface area contributed by atoms with Gasteiger partial charge in [0, 0.05) is 24.5 Å². The Labute approximate surface area is 88.8 Å². The molecule has 0 aliphatic rings. The number of phenols is 1. The van der Waals surface area contributed by atoms with Gasteiger partial charge in [0.1, 0.15) is 5.75 Å². The van der Waals surface area contributed by atoms with Crippen LogP contribution in [0.15, 0.2) is 36.7 Å². The van der Waals surface area contributed by atoms with E-state index < -0.39 is 0 Å². The Kier molecular flexibility index (Phi) is 2.37. The SMILES string of the molecule is CCn1cc(N)c(-c2cccc(O)c2)c1. The van der Waals surface area contributed by atoms with Crippen molar-refractivity contribution >= 4 is 5.69 Å². The van der Waals surface area contributed by atoms with Gasteiger partial charge in [-0.05, 0) is 24.6 Å². The fourth-order valence-electron chi connectivity index (χ4n) is 1.62. The number of hydrogen-bond donors (Lipinski definition) is 2. The van der Waals surface area contributed by atoms with Gasteiger partial charge in [0.25, 0.3) is 0 Å². The lowest BCUT2D eigenvalue weighted by Gasteiger charge is -2.00. The molecule has 15 heavy (non-hydrogen) atoms. The van der Waals surface area contributed by atoms with Crippen LogP contribution >= 0.6 is 0 Å². The monoisotopic (exact) mass is 202 g/mol. The van der Waals surface area contributed by atoms with Crippen LogP contribution in [-0.4, -0.2) is 9.67 Å². The predicted molar refractivity (Wildman–Crippen MR) is 61.6 cm³/mol. The topological polar surface area (TPSA) is 51.2 Å². The Morgan fingerprint density at radius 3 is 2.73 bits per heavy atom. The molecule has 3 N–H and O–H groups in total. The minimum absolute atomic E-state index is 0.260. The molecule has 0 spiro atoms. The van der Waals surface area contributed by atoms with E-state index in [1.54, 1.807) is 12.1 Å². The minimum atomic E-state index is 0.260. The van der Waals surface area contributed by atoms with E-state index in [-0.39, 0.29) is 5.75 Å². The van der Waals surface area contributed by atoms with Crippen molar-refractivity contribution in [2.45, 2.75) is 13.5 Å². The van der Waals surface area contributed by atoms with E-state index in [2.05, 4.69) is 6.92 Å². The lowest BCUT2D eigenvalue weighted by molar-refractivity contribution is 0.475. The summed E-state index contributed by atoms with van der Waals surface area (Å²) in [5.41, 5.74) is 8.54. The molecule has 0 saturated carbocycles. The fraction of sp³-hybridized carbons (Fsp3) is 0.167. The van der Waals surface area contributed by atoms with Crippen molar-refractivity contribution in [3.8, 4) is 16.9 Å². The van der Waals surface area contributed by atoms with Crippen molar-refractivity contribution in [1.82, 2.24) is 4.57 Å². The first-order valence-corrected chi connectivity index (χ1v) is 4.95. The molecule has 0 atom stereocenters. The third kappa shape index (κ3) is 1.81. The highest BCUT2D eigenvalue weighted by atomic mass is 16.3. The maximum atomic E-state index is 9.38. The zero-order chi connectivity index (χ0) is 10.8. The molecule has 1 aromatic carbocycles. The third-order valence-corrected chi connectivity index (χ3v) is 2.43. The van der Waals surface area contributed by atoms with Crippen LogP contribution in [0.25, 0.3) is 11.1 Å². The lowest BCUT2D eigenvalue weighted by Crippen LogP contribution is -1.87. The maximum absolute atomic E-state index is 9.38. The molecule has 1 heterocycles. The Hall–Kier alpha value is -1.90. The minimum Gasteiger partial charge on any atom is -0.508 e. The van der Waals surface area contributed by atoms with E-state index in [1.165, 1.54) is 0 Å². The predicted octanol–water partition coefficient (Wildman–Crippen LogP) is 2.46. The number of benzene rings is 1. The fourth-order valence-corrected chi connectivity index (χ4v) is 1.62. The van der Waals surface area contributed by atoms with Crippen LogP contribution in [0.3, 0.4) is 0 Å². The molecule has 3 nitrogen and oxygen atoms in total. The van der Waals surface area contributed by atoms with Gasteiger partial charge >= 0.3 is 0 Å². The molecule has 0 aliphatic carbocycles. The van der Waals surface area contributed by atoms with E-state index in [1.807, 2.05) is 29.1 Å². The maximum Gasteiger partial charge on any atom is 0.116 e. The van der Waals surface area contributed by atoms with Crippen molar-refractivity contribution in [3.05, 3.63) is 36.7 Å². The van der Waals surface area contributed by atoms with E-state index in [0.717, 1.165) is 23.4 Å². The van der Waals surface area contributed by atoms with Crippen LogP contribution in [0.5, 0.6) is 5.75 Å². The molecule has 2 rings (SSSR count). The van der Waals surface area contributed by atoms with E-state index in [4.69, 9.17) is 5.73 Å². The van der Waals surface area contributed by atoms with Gasteiger partial charge < -0.3 is 15.4 Å². The standard InChI is InChI=1S/C12H14N2O/c1-2-14-7-11(12(13)8-14)9-4-3-5-10(15)6-9/h3-8,15H,2,13H2,1H3. The number of aromatic nitrogens is 1. The average molecular weight is 202 g/mol. The number of phenolic OH excluding ortho intramolecular Hbond substituents is 1. The van der Waals surface area contributed by atoms with Gasteiger partial charge in [0.15, 0.2) is 0 Å². The van der Waals surface area contributed by atoms with Gasteiger partial charge in [-0.2, -0.15) is 0 Å². The van der Waals surface area contributed by atoms with Crippen molar-refractivity contribution in [2.75, 3.05) is 5.73 Å². The number of anilines is 1. The summed E-state index contributed by atoms with van der Waals surface area (Å²) in [7, 11) is 0. The summed E-state index contributed by atoms with van der Waals surface area (Å²) in [6.45, 7) is 2.95. The Balaban J connectivity index is 2.48. The van der Waals surface area contributed by atoms with Crippen molar-refractivity contribution in [1.29, 1.82) is 0 Å². The van der Waals surface area contributed by atoms with Crippen LogP contribution < -0.4 is 5.73 Å². The second kappa shape index (κ2) is 3.69. The lowest BCUT2D eigenvalue weighted by atomic mass is 10.1. The summed E-state index contributed by atoms with van der Waals surface area (Å²) >= 11 is 0. The summed E-state index contributed by atoms with van der Waals surface area (Å²) in [6.07, 6.45) is 3.89. The smallest absolute Gasteiger partial charge is 0.116 e. The number of nitrogens with zero attached hydrogens (tertiary/aromatic N) is 1. The molecule has 0 bridgehead atoms. The number of rotatable bonds is 2. The van der Waals surface area contributed by atoms with Crippen molar-refractivity contribution < 1.29 is 5.11 Å². The first kappa shape index (κ1) is 9.65. The second-order valence-corrected chi connectivity index (χ2v) is 3.51. The van der Waals surface area contributed by atoms with Crippen LogP contribution in [0.2, 0.25) is 0 Å². The Morgan fingerprint density at radius 2 is 2.13 bits per heavy atom. The normalized spacial score (nSPS) is 10.5. The molecule has 0 fully saturated rings. The number of aryl methyl sites for hydroxylation is 1. The molecule has 0 aliphatic heterocycles. The average Bonchev–Trinajstić information content (AvgIpc) is 2.60. The van der Waals surface area contributed by atoms with Crippen LogP contribution in [0.4, 0.5) is 5.69 Å². The molecule has 0 unspecified atom stereocenters. The number of aromatic hydroxyl groups is 1. The van der Waals surface area contributed by atoms with Gasteiger partial charge in [-0.25, -0.2) is 0 Å². The summed E-state index contributed by atoms with van der Waals surface area (Å²) in [5, 5.41) is 9.38. The molecule has 2 aromatic rings. The van der Waals surface area contributed by atoms with Gasteiger partial charge in [0.05, 0.1) is 5.69 Å². The van der Waals surface area contributed by atoms with Crippen LogP contribution in [0, 0.1) is 0 Å². The van der Waals surface area contributed by atoms with Crippen LogP contribution in [0.1, 0.15) is 6.92 Å². The highest BCUT2D eigenvalue weighted by Crippen LogP contribution is 2.28. The summed E-state index contributed by atoms with van der Waals surface area (Å²) < 4.78 is 2.02. The molecular weight excluding hydrogens is 188 g/mol. The zero-order valence-corrected chi connectivity index (χ0v) is 8.64. The molecular formula is C12H14N2O. The van der Waals surface area contributed by atoms with Gasteiger partial charge in [-0.1, -0.05) is 12.1 Å². The van der Waals surface area contributed by atoms with Crippen molar-refractivity contribution in [2.24, 2.45) is 0 Å². The van der Waals surface area contributed by atoms with Gasteiger partial charge in [-0.3, -0.25) is 0 Å². The third-order valence-electron chi connectivity index (χ3n) is 2.43. The number of nitrogens with two attached hydrogens (primary N) is 1. The number of nitrogen functional groups attached to an aromatic ring is 1. The Bertz CT molecular complexity index is 474. The van der Waals surface area contributed by atoms with Gasteiger partial charge in [-0.15, -0.1) is 0 Å². The van der Waals surface area contributed by atoms with Gasteiger partial charge in [0.2, 0.25) is 0 Å². The first-order valence-electron chi connectivity index (χ1n) is 4.95. The first-order chi connectivity index (χ1) is 7.20. The molecule has 0 saturated heterocycles. The highest BCUT2D eigenvalue weighted by molar-refractivity contribution is 5.76. The molecule has 1 aromatic heterocycles. The summed E-state index contributed by atoms with van der Waals surface area (Å²) in [4.78, 5) is 0. The molecule has 0 radical (unpaired) electrons. The number of hydrogen-bond acceptors (Lipinski definition) is 2. The quantitative estimate of drug-likeness (QED) is 0.786. The summed E-state index contributed by atoms with van der Waals surface area (Å²) in [6, 6.07) is 7.11. The largest absolute Gasteiger partial charge is 0.508 e. The van der Waals surface area contributed by atoms with E-state index in [0.29, 0.717) is 0 Å². The summed E-state index contributed by atoms with van der Waals surface area (Å²) in [5.74, 6) is 0.260. The second-order valence-electron chi connectivity index (χ2n) is 3.51. The van der Waals surface area contributed by atoms with E-state index in [9.17, 15) is 5.11 Å². The molecule has 78 valence electrons.